The second kappa shape index (κ2) is 6.85. The molecule has 0 saturated heterocycles. The van der Waals surface area contributed by atoms with Crippen molar-refractivity contribution in [3.05, 3.63) is 64.2 Å². The molecule has 1 aliphatic heterocycles. The third-order valence-corrected chi connectivity index (χ3v) is 6.10. The topological polar surface area (TPSA) is 101 Å². The number of carbonyl (C=O) groups is 1. The largest absolute Gasteiger partial charge is 0.310 e. The number of fused-ring (bicyclic) bond motifs is 1. The average molecular weight is 375 g/mol. The van der Waals surface area contributed by atoms with E-state index in [0.29, 0.717) is 18.7 Å². The van der Waals surface area contributed by atoms with Crippen LogP contribution < -0.4 is 4.90 Å². The van der Waals surface area contributed by atoms with E-state index in [1.807, 2.05) is 0 Å². The minimum atomic E-state index is -3.78. The normalized spacial score (nSPS) is 13.7. The molecule has 9 heteroatoms. The van der Waals surface area contributed by atoms with E-state index in [1.165, 1.54) is 36.2 Å². The summed E-state index contributed by atoms with van der Waals surface area (Å²) in [5.41, 5.74) is 1.20. The Bertz CT molecular complexity index is 960. The average Bonchev–Trinajstić information content (AvgIpc) is 3.05. The van der Waals surface area contributed by atoms with Crippen molar-refractivity contribution in [3.63, 3.8) is 0 Å². The number of likely N-dealkylation sites (N-methyl/N-ethyl adjacent to an activating group) is 1. The first kappa shape index (κ1) is 18.0. The summed E-state index contributed by atoms with van der Waals surface area (Å²) in [6.07, 6.45) is 0.578. The minimum Gasteiger partial charge on any atom is -0.310 e. The molecule has 0 fully saturated rings. The molecule has 3 rings (SSSR count). The Balaban J connectivity index is 1.80. The van der Waals surface area contributed by atoms with Gasteiger partial charge in [-0.1, -0.05) is 24.3 Å². The molecule has 0 bridgehead atoms. The number of amides is 1. The number of non-ortho nitro benzene ring substituents is 1. The van der Waals surface area contributed by atoms with Crippen molar-refractivity contribution < 1.29 is 18.1 Å². The number of carbonyl (C=O) groups excluding carboxylic acids is 1. The molecule has 0 aromatic heterocycles. The van der Waals surface area contributed by atoms with Gasteiger partial charge in [0.2, 0.25) is 15.9 Å². The molecular formula is C17H17N3O5S. The number of hydrogen-bond donors (Lipinski definition) is 0. The maximum absolute atomic E-state index is 12.6. The molecule has 0 unspecified atom stereocenters. The fraction of sp³-hybridized carbons (Fsp3) is 0.235. The van der Waals surface area contributed by atoms with Crippen molar-refractivity contribution in [3.8, 4) is 0 Å². The van der Waals surface area contributed by atoms with E-state index in [4.69, 9.17) is 0 Å². The molecule has 0 atom stereocenters. The van der Waals surface area contributed by atoms with Crippen LogP contribution >= 0.6 is 0 Å². The lowest BCUT2D eigenvalue weighted by molar-refractivity contribution is -0.384. The van der Waals surface area contributed by atoms with E-state index in [2.05, 4.69) is 0 Å². The highest BCUT2D eigenvalue weighted by Gasteiger charge is 2.30. The predicted molar refractivity (Wildman–Crippen MR) is 95.4 cm³/mol. The van der Waals surface area contributed by atoms with E-state index in [0.717, 1.165) is 9.87 Å². The van der Waals surface area contributed by atoms with Gasteiger partial charge < -0.3 is 4.90 Å². The number of nitro benzene ring substituents is 1. The number of benzene rings is 2. The smallest absolute Gasteiger partial charge is 0.271 e. The molecule has 0 saturated carbocycles. The second-order valence-electron chi connectivity index (χ2n) is 5.94. The van der Waals surface area contributed by atoms with Gasteiger partial charge in [0.15, 0.2) is 0 Å². The Kier molecular flexibility index (Phi) is 4.75. The quantitative estimate of drug-likeness (QED) is 0.586. The van der Waals surface area contributed by atoms with Crippen LogP contribution in [0.15, 0.2) is 53.4 Å². The Morgan fingerprint density at radius 3 is 2.58 bits per heavy atom. The van der Waals surface area contributed by atoms with E-state index in [9.17, 15) is 23.3 Å². The monoisotopic (exact) mass is 375 g/mol. The summed E-state index contributed by atoms with van der Waals surface area (Å²) in [4.78, 5) is 24.6. The number of anilines is 1. The molecular weight excluding hydrogens is 358 g/mol. The van der Waals surface area contributed by atoms with Gasteiger partial charge in [-0.05, 0) is 24.1 Å². The van der Waals surface area contributed by atoms with Crippen LogP contribution in [0.2, 0.25) is 0 Å². The molecule has 2 aromatic rings. The first-order chi connectivity index (χ1) is 12.3. The Labute approximate surface area is 150 Å². The van der Waals surface area contributed by atoms with Gasteiger partial charge in [-0.3, -0.25) is 14.9 Å². The first-order valence-electron chi connectivity index (χ1n) is 7.90. The summed E-state index contributed by atoms with van der Waals surface area (Å²) >= 11 is 0. The van der Waals surface area contributed by atoms with Crippen LogP contribution in [0.25, 0.3) is 0 Å². The molecule has 2 aromatic carbocycles. The van der Waals surface area contributed by atoms with Gasteiger partial charge in [-0.15, -0.1) is 0 Å². The van der Waals surface area contributed by atoms with Crippen molar-refractivity contribution in [2.75, 3.05) is 25.0 Å². The maximum atomic E-state index is 12.6. The minimum absolute atomic E-state index is 0.103. The Hall–Kier alpha value is -2.78. The number of sulfonamides is 1. The van der Waals surface area contributed by atoms with E-state index in [1.54, 1.807) is 24.3 Å². The van der Waals surface area contributed by atoms with Gasteiger partial charge in [0, 0.05) is 25.7 Å². The molecule has 0 spiro atoms. The maximum Gasteiger partial charge on any atom is 0.271 e. The number of nitro groups is 1. The highest BCUT2D eigenvalue weighted by molar-refractivity contribution is 7.89. The number of rotatable bonds is 5. The SMILES string of the molecule is CN(CC(=O)N1CCc2ccc([N+](=O)[O-])cc21)S(=O)(=O)c1ccccc1. The second-order valence-corrected chi connectivity index (χ2v) is 7.98. The summed E-state index contributed by atoms with van der Waals surface area (Å²) in [7, 11) is -2.45. The molecule has 1 amide bonds. The molecule has 0 radical (unpaired) electrons. The van der Waals surface area contributed by atoms with Crippen LogP contribution in [-0.4, -0.2) is 43.7 Å². The lowest BCUT2D eigenvalue weighted by Crippen LogP contribution is -2.40. The zero-order valence-electron chi connectivity index (χ0n) is 14.0. The molecule has 8 nitrogen and oxygen atoms in total. The van der Waals surface area contributed by atoms with Gasteiger partial charge >= 0.3 is 0 Å². The zero-order chi connectivity index (χ0) is 18.9. The van der Waals surface area contributed by atoms with Crippen molar-refractivity contribution in [2.24, 2.45) is 0 Å². The number of hydrogen-bond acceptors (Lipinski definition) is 5. The Morgan fingerprint density at radius 1 is 1.23 bits per heavy atom. The third-order valence-electron chi connectivity index (χ3n) is 4.29. The standard InChI is InChI=1S/C17H17N3O5S/c1-18(26(24,25)15-5-3-2-4-6-15)12-17(21)19-10-9-13-7-8-14(20(22)23)11-16(13)19/h2-8,11H,9-10,12H2,1H3. The fourth-order valence-electron chi connectivity index (χ4n) is 2.87. The summed E-state index contributed by atoms with van der Waals surface area (Å²) < 4.78 is 26.1. The van der Waals surface area contributed by atoms with Crippen LogP contribution in [0.4, 0.5) is 11.4 Å². The van der Waals surface area contributed by atoms with Gasteiger partial charge in [0.25, 0.3) is 5.69 Å². The zero-order valence-corrected chi connectivity index (χ0v) is 14.8. The lowest BCUT2D eigenvalue weighted by atomic mass is 10.1. The summed E-state index contributed by atoms with van der Waals surface area (Å²) in [5.74, 6) is -0.425. The van der Waals surface area contributed by atoms with Crippen LogP contribution in [0, 0.1) is 10.1 Å². The summed E-state index contributed by atoms with van der Waals surface area (Å²) in [5, 5.41) is 11.0. The fourth-order valence-corrected chi connectivity index (χ4v) is 4.01. The van der Waals surface area contributed by atoms with Gasteiger partial charge in [-0.25, -0.2) is 8.42 Å². The Morgan fingerprint density at radius 2 is 1.92 bits per heavy atom. The molecule has 1 aliphatic rings. The summed E-state index contributed by atoms with van der Waals surface area (Å²) in [6.45, 7) is 0.0217. The van der Waals surface area contributed by atoms with Gasteiger partial charge in [0.1, 0.15) is 0 Å². The molecule has 26 heavy (non-hydrogen) atoms. The van der Waals surface area contributed by atoms with E-state index in [-0.39, 0.29) is 17.1 Å². The number of nitrogens with zero attached hydrogens (tertiary/aromatic N) is 3. The van der Waals surface area contributed by atoms with E-state index < -0.39 is 20.9 Å². The van der Waals surface area contributed by atoms with Crippen molar-refractivity contribution in [2.45, 2.75) is 11.3 Å². The lowest BCUT2D eigenvalue weighted by Gasteiger charge is -2.22. The van der Waals surface area contributed by atoms with Crippen LogP contribution in [0.3, 0.4) is 0 Å². The van der Waals surface area contributed by atoms with Gasteiger partial charge in [0.05, 0.1) is 22.1 Å². The molecule has 0 aliphatic carbocycles. The summed E-state index contributed by atoms with van der Waals surface area (Å²) in [6, 6.07) is 12.2. The van der Waals surface area contributed by atoms with Crippen molar-refractivity contribution in [1.29, 1.82) is 0 Å². The third kappa shape index (κ3) is 3.31. The van der Waals surface area contributed by atoms with Crippen LogP contribution in [0.5, 0.6) is 0 Å². The predicted octanol–water partition coefficient (Wildman–Crippen LogP) is 1.80. The molecule has 1 heterocycles. The van der Waals surface area contributed by atoms with Crippen molar-refractivity contribution >= 4 is 27.3 Å². The molecule has 136 valence electrons. The van der Waals surface area contributed by atoms with E-state index >= 15 is 0 Å². The highest BCUT2D eigenvalue weighted by Crippen LogP contribution is 2.31. The van der Waals surface area contributed by atoms with Crippen LogP contribution in [-0.2, 0) is 21.2 Å². The molecule has 0 N–H and O–H groups in total. The first-order valence-corrected chi connectivity index (χ1v) is 9.34. The highest BCUT2D eigenvalue weighted by atomic mass is 32.2. The van der Waals surface area contributed by atoms with Gasteiger partial charge in [-0.2, -0.15) is 4.31 Å². The van der Waals surface area contributed by atoms with Crippen molar-refractivity contribution in [1.82, 2.24) is 4.31 Å². The van der Waals surface area contributed by atoms with Crippen LogP contribution in [0.1, 0.15) is 5.56 Å².